The lowest BCUT2D eigenvalue weighted by Gasteiger charge is -2.17. The van der Waals surface area contributed by atoms with Gasteiger partial charge in [-0.05, 0) is 30.7 Å². The highest BCUT2D eigenvalue weighted by molar-refractivity contribution is 6.83. The van der Waals surface area contributed by atoms with E-state index in [2.05, 4.69) is 58.9 Å². The average Bonchev–Trinajstić information content (AvgIpc) is 1.79. The first-order valence-corrected chi connectivity index (χ1v) is 12.7. The van der Waals surface area contributed by atoms with Crippen LogP contribution in [0.3, 0.4) is 0 Å². The predicted octanol–water partition coefficient (Wildman–Crippen LogP) is 4.69. The lowest BCUT2D eigenvalue weighted by Crippen LogP contribution is -2.22. The van der Waals surface area contributed by atoms with E-state index in [9.17, 15) is 0 Å². The molecule has 0 unspecified atom stereocenters. The molecule has 0 aromatic rings. The molecule has 0 aromatic carbocycles. The first-order valence-electron chi connectivity index (χ1n) is 5.46. The number of hydrogen-bond acceptors (Lipinski definition) is 0. The van der Waals surface area contributed by atoms with Gasteiger partial charge in [-0.3, -0.25) is 0 Å². The summed E-state index contributed by atoms with van der Waals surface area (Å²) in [6.07, 6.45) is 0. The van der Waals surface area contributed by atoms with Crippen LogP contribution in [-0.4, -0.2) is 16.1 Å². The van der Waals surface area contributed by atoms with Crippen molar-refractivity contribution in [2.24, 2.45) is 0 Å². The zero-order chi connectivity index (χ0) is 11.6. The molecule has 82 valence electrons. The van der Waals surface area contributed by atoms with E-state index in [1.807, 2.05) is 0 Å². The number of rotatable bonds is 3. The van der Waals surface area contributed by atoms with Gasteiger partial charge in [0.15, 0.2) is 0 Å². The van der Waals surface area contributed by atoms with Crippen LogP contribution in [0.4, 0.5) is 0 Å². The van der Waals surface area contributed by atoms with Crippen molar-refractivity contribution >= 4 is 16.1 Å². The van der Waals surface area contributed by atoms with Gasteiger partial charge in [-0.2, -0.15) is 0 Å². The largest absolute Gasteiger partial charge is 0.128 e. The van der Waals surface area contributed by atoms with Crippen LogP contribution in [0.25, 0.3) is 0 Å². The van der Waals surface area contributed by atoms with Gasteiger partial charge >= 0.3 is 0 Å². The molecule has 0 aromatic heterocycles. The van der Waals surface area contributed by atoms with Gasteiger partial charge in [0, 0.05) is 8.07 Å². The topological polar surface area (TPSA) is 0 Å². The Hall–Kier alpha value is -0.0462. The van der Waals surface area contributed by atoms with Gasteiger partial charge in [-0.1, -0.05) is 39.3 Å². The van der Waals surface area contributed by atoms with Crippen LogP contribution in [0, 0.1) is 0 Å². The highest BCUT2D eigenvalue weighted by Gasteiger charge is 2.16. The van der Waals surface area contributed by atoms with Gasteiger partial charge < -0.3 is 0 Å². The Kier molecular flexibility index (Phi) is 4.63. The van der Waals surface area contributed by atoms with Gasteiger partial charge in [0.1, 0.15) is 0 Å². The van der Waals surface area contributed by atoms with Gasteiger partial charge in [0.25, 0.3) is 0 Å². The standard InChI is InChI=1S/C12H26Si2/c1-11(10-13(3,4)5)9-12(2)14(6,7)8/h10H2,1-8H3. The summed E-state index contributed by atoms with van der Waals surface area (Å²) in [7, 11) is -2.04. The van der Waals surface area contributed by atoms with Crippen LogP contribution in [0.2, 0.25) is 45.3 Å². The second-order valence-electron chi connectivity index (χ2n) is 6.52. The fraction of sp³-hybridized carbons (Fsp3) is 0.750. The molecule has 0 heterocycles. The summed E-state index contributed by atoms with van der Waals surface area (Å²) in [6.45, 7) is 18.9. The lowest BCUT2D eigenvalue weighted by atomic mass is 10.4. The van der Waals surface area contributed by atoms with Crippen molar-refractivity contribution in [3.05, 3.63) is 16.5 Å². The van der Waals surface area contributed by atoms with Crippen LogP contribution in [-0.2, 0) is 0 Å². The van der Waals surface area contributed by atoms with Crippen molar-refractivity contribution in [1.29, 1.82) is 0 Å². The molecule has 0 aliphatic rings. The maximum absolute atomic E-state index is 3.61. The molecule has 14 heavy (non-hydrogen) atoms. The smallest absolute Gasteiger partial charge is 0.0819 e. The minimum Gasteiger partial charge on any atom is -0.128 e. The molecule has 0 N–H and O–H groups in total. The average molecular weight is 227 g/mol. The van der Waals surface area contributed by atoms with E-state index in [4.69, 9.17) is 0 Å². The zero-order valence-electron chi connectivity index (χ0n) is 11.2. The first-order chi connectivity index (χ1) is 6.02. The van der Waals surface area contributed by atoms with E-state index < -0.39 is 16.1 Å². The third kappa shape index (κ3) is 6.41. The predicted molar refractivity (Wildman–Crippen MR) is 73.4 cm³/mol. The SMILES string of the molecule is CC(=C=C(C)[Si](C)(C)C)C[Si](C)(C)C. The number of allylic oxidation sites excluding steroid dienone is 1. The minimum absolute atomic E-state index is 0.944. The van der Waals surface area contributed by atoms with Crippen molar-refractivity contribution in [1.82, 2.24) is 0 Å². The molecule has 0 radical (unpaired) electrons. The monoisotopic (exact) mass is 226 g/mol. The third-order valence-electron chi connectivity index (χ3n) is 2.32. The van der Waals surface area contributed by atoms with Crippen molar-refractivity contribution in [3.8, 4) is 0 Å². The summed E-state index contributed by atoms with van der Waals surface area (Å²) in [5, 5.41) is 1.51. The molecular weight excluding hydrogens is 200 g/mol. The molecule has 0 bridgehead atoms. The molecule has 0 aliphatic heterocycles. The summed E-state index contributed by atoms with van der Waals surface area (Å²) in [6, 6.07) is 1.29. The van der Waals surface area contributed by atoms with Crippen molar-refractivity contribution in [2.45, 2.75) is 59.2 Å². The van der Waals surface area contributed by atoms with Crippen molar-refractivity contribution in [2.75, 3.05) is 0 Å². The molecule has 0 atom stereocenters. The van der Waals surface area contributed by atoms with Gasteiger partial charge in [-0.25, -0.2) is 0 Å². The third-order valence-corrected chi connectivity index (χ3v) is 6.29. The highest BCUT2D eigenvalue weighted by Crippen LogP contribution is 2.17. The van der Waals surface area contributed by atoms with Crippen LogP contribution in [0.5, 0.6) is 0 Å². The van der Waals surface area contributed by atoms with Crippen LogP contribution < -0.4 is 0 Å². The summed E-state index contributed by atoms with van der Waals surface area (Å²) in [5.41, 5.74) is 5.07. The molecular formula is C12H26Si2. The summed E-state index contributed by atoms with van der Waals surface area (Å²) >= 11 is 0. The second kappa shape index (κ2) is 4.65. The Labute approximate surface area is 92.1 Å². The maximum Gasteiger partial charge on any atom is 0.0819 e. The Morgan fingerprint density at radius 1 is 0.929 bits per heavy atom. The summed E-state index contributed by atoms with van der Waals surface area (Å²) in [4.78, 5) is 0. The van der Waals surface area contributed by atoms with E-state index in [0.29, 0.717) is 0 Å². The molecule has 0 amide bonds. The van der Waals surface area contributed by atoms with Gasteiger partial charge in [0.2, 0.25) is 0 Å². The van der Waals surface area contributed by atoms with Crippen LogP contribution in [0.15, 0.2) is 16.5 Å². The zero-order valence-corrected chi connectivity index (χ0v) is 13.2. The molecule has 0 fully saturated rings. The Morgan fingerprint density at radius 2 is 1.36 bits per heavy atom. The van der Waals surface area contributed by atoms with E-state index in [-0.39, 0.29) is 0 Å². The molecule has 0 saturated heterocycles. The summed E-state index contributed by atoms with van der Waals surface area (Å²) < 4.78 is 0. The van der Waals surface area contributed by atoms with Gasteiger partial charge in [0.05, 0.1) is 8.07 Å². The number of hydrogen-bond donors (Lipinski definition) is 0. The molecule has 0 nitrogen and oxygen atoms in total. The Bertz CT molecular complexity index is 255. The molecule has 0 saturated carbocycles. The maximum atomic E-state index is 3.61. The van der Waals surface area contributed by atoms with Crippen molar-refractivity contribution in [3.63, 3.8) is 0 Å². The fourth-order valence-corrected chi connectivity index (χ4v) is 3.62. The van der Waals surface area contributed by atoms with Crippen LogP contribution >= 0.6 is 0 Å². The lowest BCUT2D eigenvalue weighted by molar-refractivity contribution is 1.31. The van der Waals surface area contributed by atoms with Crippen molar-refractivity contribution < 1.29 is 0 Å². The molecule has 0 rings (SSSR count). The fourth-order valence-electron chi connectivity index (χ4n) is 1.35. The van der Waals surface area contributed by atoms with Gasteiger partial charge in [-0.15, -0.1) is 5.73 Å². The first kappa shape index (κ1) is 14.0. The Balaban J connectivity index is 4.83. The normalized spacial score (nSPS) is 12.3. The minimum atomic E-state index is -1.10. The summed E-state index contributed by atoms with van der Waals surface area (Å²) in [5.74, 6) is 0. The van der Waals surface area contributed by atoms with E-state index >= 15 is 0 Å². The molecule has 2 heteroatoms. The highest BCUT2D eigenvalue weighted by atomic mass is 28.3. The van der Waals surface area contributed by atoms with Crippen LogP contribution in [0.1, 0.15) is 13.8 Å². The van der Waals surface area contributed by atoms with E-state index in [1.54, 1.807) is 0 Å². The quantitative estimate of drug-likeness (QED) is 0.484. The molecule has 0 aliphatic carbocycles. The molecule has 0 spiro atoms. The van der Waals surface area contributed by atoms with E-state index in [1.165, 1.54) is 16.8 Å². The Morgan fingerprint density at radius 3 is 1.64 bits per heavy atom. The van der Waals surface area contributed by atoms with E-state index in [0.717, 1.165) is 0 Å². The second-order valence-corrected chi connectivity index (χ2v) is 17.2.